The average molecular weight is 1330 g/mol. The second-order valence-electron chi connectivity index (χ2n) is 33.0. The Labute approximate surface area is 598 Å². The van der Waals surface area contributed by atoms with Crippen LogP contribution in [0.5, 0.6) is 0 Å². The minimum Gasteiger partial charge on any atom is -0.456 e. The third-order valence-corrected chi connectivity index (χ3v) is 26.6. The first kappa shape index (κ1) is 64.5. The van der Waals surface area contributed by atoms with Gasteiger partial charge < -0.3 is 18.2 Å². The first-order valence-corrected chi connectivity index (χ1v) is 39.6. The van der Waals surface area contributed by atoms with Gasteiger partial charge in [-0.3, -0.25) is 0 Å². The van der Waals surface area contributed by atoms with Crippen molar-refractivity contribution in [1.29, 1.82) is 0 Å². The van der Waals surface area contributed by atoms with Crippen LogP contribution >= 0.6 is 0 Å². The Balaban J connectivity index is 0.891. The summed E-state index contributed by atoms with van der Waals surface area (Å²) in [5.74, 6) is 0. The lowest BCUT2D eigenvalue weighted by atomic mass is 9.64. The average Bonchev–Trinajstić information content (AvgIpc) is 1.50. The SMILES string of the molecule is CCCCCCCC12CCC(CCCCC)(CCCCC)CCC3(CCCCCCC)c4ccccc4-c4c3c1c(c1oc3ccccc3c41)-c1ccc(N(c3ccc4c(c3)C(C)(C)c3cc5c(cc3-4)C(C)(C)c3ccc4oc6ccccc6c4c3-5)c3cccc4oc5ccccc5c34)cc12. The molecule has 13 aromatic rings. The van der Waals surface area contributed by atoms with E-state index in [0.717, 1.165) is 68.5 Å². The summed E-state index contributed by atoms with van der Waals surface area (Å²) in [6.07, 6.45) is 30.0. The molecule has 0 saturated heterocycles. The summed E-state index contributed by atoms with van der Waals surface area (Å²) < 4.78 is 21.2. The highest BCUT2D eigenvalue weighted by Crippen LogP contribution is 2.70. The van der Waals surface area contributed by atoms with E-state index in [-0.39, 0.29) is 27.1 Å². The van der Waals surface area contributed by atoms with E-state index in [2.05, 4.69) is 236 Å². The van der Waals surface area contributed by atoms with Crippen molar-refractivity contribution in [1.82, 2.24) is 0 Å². The van der Waals surface area contributed by atoms with E-state index >= 15 is 0 Å². The highest BCUT2D eigenvalue weighted by molar-refractivity contribution is 6.22. The molecule has 0 amide bonds. The smallest absolute Gasteiger partial charge is 0.144 e. The summed E-state index contributed by atoms with van der Waals surface area (Å²) in [5, 5.41) is 7.29. The van der Waals surface area contributed by atoms with Crippen molar-refractivity contribution in [3.05, 3.63) is 220 Å². The Kier molecular flexibility index (Phi) is 15.9. The predicted octanol–water partition coefficient (Wildman–Crippen LogP) is 29.4. The molecule has 5 aliphatic carbocycles. The first-order valence-electron chi connectivity index (χ1n) is 39.6. The van der Waals surface area contributed by atoms with Crippen molar-refractivity contribution >= 4 is 82.9 Å². The highest BCUT2D eigenvalue weighted by atomic mass is 16.3. The summed E-state index contributed by atoms with van der Waals surface area (Å²) in [6.45, 7) is 19.4. The molecule has 18 rings (SSSR count). The van der Waals surface area contributed by atoms with Crippen LogP contribution in [0.3, 0.4) is 0 Å². The monoisotopic (exact) mass is 1330 g/mol. The van der Waals surface area contributed by atoms with Gasteiger partial charge in [0.05, 0.1) is 11.1 Å². The fraction of sp³-hybridized carbons (Fsp3) is 0.381. The third kappa shape index (κ3) is 9.70. The molecule has 512 valence electrons. The number of rotatable bonds is 23. The van der Waals surface area contributed by atoms with Gasteiger partial charge in [0.25, 0.3) is 0 Å². The van der Waals surface area contributed by atoms with Crippen molar-refractivity contribution in [2.24, 2.45) is 5.41 Å². The van der Waals surface area contributed by atoms with Gasteiger partial charge in [-0.2, -0.15) is 0 Å². The summed E-state index contributed by atoms with van der Waals surface area (Å²) in [7, 11) is 0. The lowest BCUT2D eigenvalue weighted by Gasteiger charge is -2.40. The molecule has 2 atom stereocenters. The van der Waals surface area contributed by atoms with Crippen molar-refractivity contribution in [3.63, 3.8) is 0 Å². The van der Waals surface area contributed by atoms with E-state index in [1.807, 2.05) is 0 Å². The summed E-state index contributed by atoms with van der Waals surface area (Å²) in [6, 6.07) is 68.3. The van der Waals surface area contributed by atoms with Gasteiger partial charge in [0.2, 0.25) is 0 Å². The molecule has 0 saturated carbocycles. The summed E-state index contributed by atoms with van der Waals surface area (Å²) in [5.41, 5.74) is 31.5. The van der Waals surface area contributed by atoms with Gasteiger partial charge in [-0.15, -0.1) is 0 Å². The van der Waals surface area contributed by atoms with Crippen molar-refractivity contribution in [2.75, 3.05) is 4.90 Å². The van der Waals surface area contributed by atoms with Crippen molar-refractivity contribution < 1.29 is 13.3 Å². The third-order valence-electron chi connectivity index (χ3n) is 26.6. The number of hydrogen-bond acceptors (Lipinski definition) is 4. The van der Waals surface area contributed by atoms with E-state index in [1.54, 1.807) is 16.7 Å². The van der Waals surface area contributed by atoms with Gasteiger partial charge in [0, 0.05) is 65.5 Å². The predicted molar refractivity (Wildman–Crippen MR) is 426 cm³/mol. The van der Waals surface area contributed by atoms with Gasteiger partial charge >= 0.3 is 0 Å². The highest BCUT2D eigenvalue weighted by Gasteiger charge is 2.57. The van der Waals surface area contributed by atoms with E-state index in [4.69, 9.17) is 13.3 Å². The second kappa shape index (κ2) is 24.8. The molecule has 0 N–H and O–H groups in total. The van der Waals surface area contributed by atoms with E-state index in [1.165, 1.54) is 241 Å². The zero-order chi connectivity index (χ0) is 68.6. The number of unbranched alkanes of at least 4 members (excludes halogenated alkanes) is 12. The minimum atomic E-state index is -0.326. The van der Waals surface area contributed by atoms with Crippen LogP contribution in [0.25, 0.3) is 110 Å². The molecule has 3 aromatic heterocycles. The maximum Gasteiger partial charge on any atom is 0.144 e. The maximum absolute atomic E-state index is 7.68. The van der Waals surface area contributed by atoms with Crippen LogP contribution in [-0.2, 0) is 21.7 Å². The first-order chi connectivity index (χ1) is 49.4. The Morgan fingerprint density at radius 2 is 0.792 bits per heavy atom. The van der Waals surface area contributed by atoms with Crippen LogP contribution in [0.15, 0.2) is 189 Å². The Morgan fingerprint density at radius 3 is 1.46 bits per heavy atom. The molecular formula is C97H101NO3. The lowest BCUT2D eigenvalue weighted by Crippen LogP contribution is -2.32. The zero-order valence-electron chi connectivity index (χ0n) is 61.4. The fourth-order valence-corrected chi connectivity index (χ4v) is 21.4. The Morgan fingerprint density at radius 1 is 0.317 bits per heavy atom. The maximum atomic E-state index is 7.68. The van der Waals surface area contributed by atoms with Crippen LogP contribution < -0.4 is 4.90 Å². The number of para-hydroxylation sites is 3. The van der Waals surface area contributed by atoms with Crippen LogP contribution in [0.1, 0.15) is 254 Å². The normalized spacial score (nSPS) is 18.5. The topological polar surface area (TPSA) is 42.7 Å². The van der Waals surface area contributed by atoms with E-state index in [9.17, 15) is 0 Å². The number of nitrogens with zero attached hydrogens (tertiary/aromatic N) is 1. The quantitative estimate of drug-likeness (QED) is 0.0599. The molecule has 10 aromatic carbocycles. The number of anilines is 3. The zero-order valence-corrected chi connectivity index (χ0v) is 61.4. The second-order valence-corrected chi connectivity index (χ2v) is 33.0. The number of benzene rings is 10. The number of fused-ring (bicyclic) bond motifs is 24. The standard InChI is InChI=1S/C97H101NO3/c1-9-13-17-19-31-52-96-56-54-95(50-29-15-11-3,51-30-16-12-4)55-57-97(53-32-20-18-14-10-2)77-59-63(45-47-66(77)89-91(97)90(96)87(65-34-21-25-38-72(65)96)88-69-37-24-28-42-81(69)101-92(88)89)98(78-39-33-43-82-85(78)67-35-22-26-40-79(67)99-82)62-44-46-64-70-60-76-71(61-75(70)94(7,8)74(64)58-62)84-73(93(76,5)6)48-49-83-86(84)68-36-23-27-41-80(68)100-83/h21-28,33-49,58-61H,9-20,29-32,50-57H2,1-8H3. The molecule has 0 spiro atoms. The molecule has 2 unspecified atom stereocenters. The van der Waals surface area contributed by atoms with Gasteiger partial charge in [-0.25, -0.2) is 0 Å². The molecule has 101 heavy (non-hydrogen) atoms. The molecule has 4 heteroatoms. The number of hydrogen-bond donors (Lipinski definition) is 0. The molecule has 0 radical (unpaired) electrons. The molecule has 4 nitrogen and oxygen atoms in total. The molecule has 0 aliphatic heterocycles. The summed E-state index contributed by atoms with van der Waals surface area (Å²) in [4.78, 5) is 2.66. The summed E-state index contributed by atoms with van der Waals surface area (Å²) >= 11 is 0. The Bertz CT molecular complexity index is 5410. The van der Waals surface area contributed by atoms with Crippen LogP contribution in [0.4, 0.5) is 17.1 Å². The van der Waals surface area contributed by atoms with E-state index in [0.29, 0.717) is 0 Å². The largest absolute Gasteiger partial charge is 0.456 e. The molecule has 5 aliphatic rings. The van der Waals surface area contributed by atoms with Gasteiger partial charge in [0.1, 0.15) is 33.5 Å². The lowest BCUT2D eigenvalue weighted by molar-refractivity contribution is 0.154. The molecule has 3 heterocycles. The van der Waals surface area contributed by atoms with Gasteiger partial charge in [-0.05, 0) is 213 Å². The minimum absolute atomic E-state index is 0.157. The molecular weight excluding hydrogens is 1230 g/mol. The van der Waals surface area contributed by atoms with Crippen LogP contribution in [-0.4, -0.2) is 0 Å². The van der Waals surface area contributed by atoms with Gasteiger partial charge in [0.15, 0.2) is 0 Å². The van der Waals surface area contributed by atoms with E-state index < -0.39 is 0 Å². The van der Waals surface area contributed by atoms with Crippen LogP contribution in [0.2, 0.25) is 0 Å². The van der Waals surface area contributed by atoms with Gasteiger partial charge in [-0.1, -0.05) is 261 Å². The van der Waals surface area contributed by atoms with Crippen molar-refractivity contribution in [3.8, 4) is 44.5 Å². The number of furan rings is 3. The Hall–Kier alpha value is -8.60. The molecule has 0 fully saturated rings. The van der Waals surface area contributed by atoms with Crippen LogP contribution in [0, 0.1) is 5.41 Å². The molecule has 0 bridgehead atoms. The van der Waals surface area contributed by atoms with Crippen molar-refractivity contribution in [2.45, 2.75) is 231 Å². The fourth-order valence-electron chi connectivity index (χ4n) is 21.4.